The minimum absolute atomic E-state index is 0.0300. The van der Waals surface area contributed by atoms with Gasteiger partial charge in [-0.05, 0) is 49.9 Å². The van der Waals surface area contributed by atoms with E-state index in [1.165, 1.54) is 18.2 Å². The highest BCUT2D eigenvalue weighted by molar-refractivity contribution is 6.31. The highest BCUT2D eigenvalue weighted by atomic mass is 35.5. The topological polar surface area (TPSA) is 50.8 Å². The van der Waals surface area contributed by atoms with Crippen LogP contribution in [0.25, 0.3) is 0 Å². The lowest BCUT2D eigenvalue weighted by Gasteiger charge is -2.18. The van der Waals surface area contributed by atoms with Crippen molar-refractivity contribution in [2.75, 3.05) is 32.6 Å². The molecule has 0 saturated carbocycles. The number of ether oxygens (including phenoxy) is 2. The van der Waals surface area contributed by atoms with Crippen molar-refractivity contribution in [3.05, 3.63) is 52.8 Å². The van der Waals surface area contributed by atoms with Gasteiger partial charge in [0.25, 0.3) is 0 Å². The molecule has 26 heavy (non-hydrogen) atoms. The zero-order chi connectivity index (χ0) is 19.1. The van der Waals surface area contributed by atoms with Crippen molar-refractivity contribution in [3.8, 4) is 11.5 Å². The summed E-state index contributed by atoms with van der Waals surface area (Å²) in [7, 11) is 3.42. The summed E-state index contributed by atoms with van der Waals surface area (Å²) < 4.78 is 24.0. The minimum Gasteiger partial charge on any atom is -0.493 e. The Hall–Kier alpha value is -2.31. The highest BCUT2D eigenvalue weighted by Gasteiger charge is 2.11. The predicted octanol–water partition coefficient (Wildman–Crippen LogP) is 3.96. The third-order valence-electron chi connectivity index (χ3n) is 3.60. The maximum absolute atomic E-state index is 13.2. The fraction of sp³-hybridized carbons (Fsp3) is 0.316. The average Bonchev–Trinajstić information content (AvgIpc) is 2.59. The van der Waals surface area contributed by atoms with E-state index in [2.05, 4.69) is 5.32 Å². The second-order valence-corrected chi connectivity index (χ2v) is 6.17. The zero-order valence-corrected chi connectivity index (χ0v) is 15.8. The lowest BCUT2D eigenvalue weighted by Crippen LogP contribution is -2.29. The summed E-state index contributed by atoms with van der Waals surface area (Å²) in [6.07, 6.45) is 0. The summed E-state index contributed by atoms with van der Waals surface area (Å²) in [5, 5.41) is 2.67. The molecule has 0 radical (unpaired) electrons. The first-order valence-corrected chi connectivity index (χ1v) is 8.54. The SMILES string of the molecule is CCOc1ccc(CN(C)CC(=O)Nc2ccc(F)c(Cl)c2)cc1OC. The Morgan fingerprint density at radius 2 is 2.00 bits per heavy atom. The van der Waals surface area contributed by atoms with Crippen molar-refractivity contribution in [2.45, 2.75) is 13.5 Å². The van der Waals surface area contributed by atoms with Gasteiger partial charge in [0.05, 0.1) is 25.3 Å². The number of carbonyl (C=O) groups excluding carboxylic acids is 1. The highest BCUT2D eigenvalue weighted by Crippen LogP contribution is 2.28. The maximum Gasteiger partial charge on any atom is 0.238 e. The van der Waals surface area contributed by atoms with Crippen LogP contribution in [0.15, 0.2) is 36.4 Å². The number of carbonyl (C=O) groups is 1. The van der Waals surface area contributed by atoms with Crippen molar-refractivity contribution < 1.29 is 18.7 Å². The van der Waals surface area contributed by atoms with Gasteiger partial charge in [-0.1, -0.05) is 17.7 Å². The molecule has 0 unspecified atom stereocenters. The zero-order valence-electron chi connectivity index (χ0n) is 15.0. The number of anilines is 1. The molecule has 0 heterocycles. The van der Waals surface area contributed by atoms with E-state index >= 15 is 0 Å². The summed E-state index contributed by atoms with van der Waals surface area (Å²) in [5.41, 5.74) is 1.45. The van der Waals surface area contributed by atoms with Gasteiger partial charge in [-0.2, -0.15) is 0 Å². The molecule has 0 fully saturated rings. The van der Waals surface area contributed by atoms with Gasteiger partial charge in [0, 0.05) is 12.2 Å². The molecule has 5 nitrogen and oxygen atoms in total. The number of amides is 1. The summed E-state index contributed by atoms with van der Waals surface area (Å²) >= 11 is 5.72. The summed E-state index contributed by atoms with van der Waals surface area (Å²) in [6, 6.07) is 9.74. The number of nitrogens with one attached hydrogen (secondary N) is 1. The Balaban J connectivity index is 1.94. The number of rotatable bonds is 8. The Bertz CT molecular complexity index is 770. The molecule has 2 rings (SSSR count). The molecule has 0 spiro atoms. The lowest BCUT2D eigenvalue weighted by molar-refractivity contribution is -0.117. The van der Waals surface area contributed by atoms with E-state index in [1.807, 2.05) is 37.1 Å². The number of hydrogen-bond acceptors (Lipinski definition) is 4. The van der Waals surface area contributed by atoms with Crippen LogP contribution in [0.2, 0.25) is 5.02 Å². The van der Waals surface area contributed by atoms with Crippen LogP contribution in [-0.2, 0) is 11.3 Å². The molecule has 7 heteroatoms. The molecule has 0 bridgehead atoms. The quantitative estimate of drug-likeness (QED) is 0.753. The van der Waals surface area contributed by atoms with Crippen LogP contribution in [-0.4, -0.2) is 38.1 Å². The molecule has 0 atom stereocenters. The van der Waals surface area contributed by atoms with E-state index in [1.54, 1.807) is 7.11 Å². The number of nitrogens with zero attached hydrogens (tertiary/aromatic N) is 1. The summed E-state index contributed by atoms with van der Waals surface area (Å²) in [4.78, 5) is 14.0. The minimum atomic E-state index is -0.522. The van der Waals surface area contributed by atoms with Gasteiger partial charge in [-0.15, -0.1) is 0 Å². The van der Waals surface area contributed by atoms with Crippen LogP contribution in [0.4, 0.5) is 10.1 Å². The number of hydrogen-bond donors (Lipinski definition) is 1. The third kappa shape index (κ3) is 5.61. The average molecular weight is 381 g/mol. The molecule has 2 aromatic rings. The van der Waals surface area contributed by atoms with Crippen LogP contribution in [0, 0.1) is 5.82 Å². The first kappa shape index (κ1) is 20.0. The van der Waals surface area contributed by atoms with Crippen molar-refractivity contribution in [2.24, 2.45) is 0 Å². The molecule has 2 aromatic carbocycles. The van der Waals surface area contributed by atoms with Crippen LogP contribution in [0.1, 0.15) is 12.5 Å². The molecule has 0 aliphatic heterocycles. The maximum atomic E-state index is 13.2. The Kier molecular flexibility index (Phi) is 7.24. The van der Waals surface area contributed by atoms with Gasteiger partial charge in [-0.25, -0.2) is 4.39 Å². The van der Waals surface area contributed by atoms with E-state index in [4.69, 9.17) is 21.1 Å². The number of benzene rings is 2. The van der Waals surface area contributed by atoms with Gasteiger partial charge in [0.1, 0.15) is 5.82 Å². The number of likely N-dealkylation sites (N-methyl/N-ethyl adjacent to an activating group) is 1. The first-order valence-electron chi connectivity index (χ1n) is 8.16. The summed E-state index contributed by atoms with van der Waals surface area (Å²) in [6.45, 7) is 3.20. The van der Waals surface area contributed by atoms with E-state index in [9.17, 15) is 9.18 Å². The number of halogens is 2. The van der Waals surface area contributed by atoms with E-state index in [0.29, 0.717) is 30.3 Å². The fourth-order valence-corrected chi connectivity index (χ4v) is 2.65. The Morgan fingerprint density at radius 3 is 2.65 bits per heavy atom. The van der Waals surface area contributed by atoms with Crippen molar-refractivity contribution in [3.63, 3.8) is 0 Å². The normalized spacial score (nSPS) is 10.7. The van der Waals surface area contributed by atoms with Gasteiger partial charge in [0.2, 0.25) is 5.91 Å². The Labute approximate surface area is 157 Å². The first-order chi connectivity index (χ1) is 12.4. The smallest absolute Gasteiger partial charge is 0.238 e. The van der Waals surface area contributed by atoms with Gasteiger partial charge in [0.15, 0.2) is 11.5 Å². The second-order valence-electron chi connectivity index (χ2n) is 5.77. The van der Waals surface area contributed by atoms with E-state index in [0.717, 1.165) is 5.56 Å². The summed E-state index contributed by atoms with van der Waals surface area (Å²) in [5.74, 6) is 0.606. The molecular weight excluding hydrogens is 359 g/mol. The lowest BCUT2D eigenvalue weighted by atomic mass is 10.2. The molecule has 1 N–H and O–H groups in total. The Morgan fingerprint density at radius 1 is 1.23 bits per heavy atom. The third-order valence-corrected chi connectivity index (χ3v) is 3.89. The van der Waals surface area contributed by atoms with Gasteiger partial charge in [-0.3, -0.25) is 9.69 Å². The molecule has 1 amide bonds. The van der Waals surface area contributed by atoms with Crippen molar-refractivity contribution in [1.29, 1.82) is 0 Å². The second kappa shape index (κ2) is 9.40. The van der Waals surface area contributed by atoms with E-state index < -0.39 is 5.82 Å². The van der Waals surface area contributed by atoms with Crippen LogP contribution < -0.4 is 14.8 Å². The van der Waals surface area contributed by atoms with Gasteiger partial charge < -0.3 is 14.8 Å². The standard InChI is InChI=1S/C19H22ClFN2O3/c1-4-26-17-8-5-13(9-18(17)25-3)11-23(2)12-19(24)22-14-6-7-16(21)15(20)10-14/h5-10H,4,11-12H2,1-3H3,(H,22,24). The van der Waals surface area contributed by atoms with Crippen LogP contribution in [0.5, 0.6) is 11.5 Å². The molecule has 0 aliphatic carbocycles. The van der Waals surface area contributed by atoms with Gasteiger partial charge >= 0.3 is 0 Å². The van der Waals surface area contributed by atoms with E-state index in [-0.39, 0.29) is 17.5 Å². The monoisotopic (exact) mass is 380 g/mol. The molecule has 0 aromatic heterocycles. The van der Waals surface area contributed by atoms with Crippen molar-refractivity contribution in [1.82, 2.24) is 4.90 Å². The largest absolute Gasteiger partial charge is 0.493 e. The van der Waals surface area contributed by atoms with Crippen LogP contribution >= 0.6 is 11.6 Å². The van der Waals surface area contributed by atoms with Crippen molar-refractivity contribution >= 4 is 23.2 Å². The molecular formula is C19H22ClFN2O3. The fourth-order valence-electron chi connectivity index (χ4n) is 2.47. The predicted molar refractivity (Wildman–Crippen MR) is 101 cm³/mol. The molecule has 0 aliphatic rings. The van der Waals surface area contributed by atoms with Crippen LogP contribution in [0.3, 0.4) is 0 Å². The molecule has 140 valence electrons. The molecule has 0 saturated heterocycles. The number of methoxy groups -OCH3 is 1.